The van der Waals surface area contributed by atoms with Crippen molar-refractivity contribution in [2.24, 2.45) is 5.73 Å². The van der Waals surface area contributed by atoms with Gasteiger partial charge < -0.3 is 25.0 Å². The maximum Gasteiger partial charge on any atom is 0.341 e. The molecule has 0 saturated carbocycles. The molecule has 1 aromatic rings. The van der Waals surface area contributed by atoms with Gasteiger partial charge in [0.25, 0.3) is 5.91 Å². The first-order chi connectivity index (χ1) is 8.88. The molecule has 1 aliphatic rings. The Balaban J connectivity index is 2.78. The van der Waals surface area contributed by atoms with Crippen LogP contribution in [0.3, 0.4) is 0 Å². The molecule has 0 radical (unpaired) electrons. The van der Waals surface area contributed by atoms with Gasteiger partial charge in [-0.05, 0) is 0 Å². The molecule has 3 N–H and O–H groups in total. The summed E-state index contributed by atoms with van der Waals surface area (Å²) in [6.07, 6.45) is 0.529. The second-order valence-corrected chi connectivity index (χ2v) is 4.19. The Morgan fingerprint density at radius 3 is 2.68 bits per heavy atom. The second-order valence-electron chi connectivity index (χ2n) is 4.19. The third-order valence-electron chi connectivity index (χ3n) is 3.08. The van der Waals surface area contributed by atoms with E-state index in [9.17, 15) is 14.4 Å². The van der Waals surface area contributed by atoms with E-state index in [0.29, 0.717) is 0 Å². The number of carboxylic acids is 1. The number of methoxy groups -OCH3 is 1. The van der Waals surface area contributed by atoms with Crippen molar-refractivity contribution in [1.29, 1.82) is 0 Å². The zero-order valence-corrected chi connectivity index (χ0v) is 10.4. The number of carboxylic acid groups (broad SMARTS) is 1. The number of hydrogen-bond donors (Lipinski definition) is 2. The van der Waals surface area contributed by atoms with E-state index in [1.807, 2.05) is 0 Å². The number of ether oxygens (including phenoxy) is 1. The topological polar surface area (TPSA) is 115 Å². The minimum Gasteiger partial charge on any atom is -0.491 e. The van der Waals surface area contributed by atoms with Crippen LogP contribution < -0.4 is 15.9 Å². The Hall–Kier alpha value is -2.35. The first-order valence-electron chi connectivity index (χ1n) is 5.46. The zero-order chi connectivity index (χ0) is 14.3. The second kappa shape index (κ2) is 4.39. The summed E-state index contributed by atoms with van der Waals surface area (Å²) in [4.78, 5) is 36.3. The molecular formula is C11H13N3O5. The minimum atomic E-state index is -1.38. The van der Waals surface area contributed by atoms with Crippen LogP contribution in [0.1, 0.15) is 20.8 Å². The molecule has 1 atom stereocenters. The number of fused-ring (bicyclic) bond motifs is 1. The van der Waals surface area contributed by atoms with Gasteiger partial charge in [0, 0.05) is 13.2 Å². The van der Waals surface area contributed by atoms with Gasteiger partial charge in [-0.2, -0.15) is 0 Å². The summed E-state index contributed by atoms with van der Waals surface area (Å²) in [6, 6.07) is 0. The summed E-state index contributed by atoms with van der Waals surface area (Å²) in [5, 5.41) is 8.98. The fraction of sp³-hybridized carbons (Fsp3) is 0.364. The smallest absolute Gasteiger partial charge is 0.341 e. The molecule has 0 aliphatic carbocycles. The molecule has 8 nitrogen and oxygen atoms in total. The Kier molecular flexibility index (Phi) is 3.03. The molecule has 1 aliphatic heterocycles. The number of aromatic carboxylic acids is 1. The number of carbonyl (C=O) groups is 2. The van der Waals surface area contributed by atoms with Crippen LogP contribution in [-0.4, -0.2) is 46.8 Å². The fourth-order valence-electron chi connectivity index (χ4n) is 1.99. The SMILES string of the molecule is COc1c2n(cc(C(=O)O)c1=O)CC(N)N(C)C2=O. The van der Waals surface area contributed by atoms with Gasteiger partial charge in [-0.1, -0.05) is 0 Å². The zero-order valence-electron chi connectivity index (χ0n) is 10.4. The number of likely N-dealkylation sites (N-methyl/N-ethyl adjacent to an activating group) is 1. The normalized spacial score (nSPS) is 18.2. The van der Waals surface area contributed by atoms with E-state index >= 15 is 0 Å². The van der Waals surface area contributed by atoms with Crippen LogP contribution in [0.25, 0.3) is 0 Å². The van der Waals surface area contributed by atoms with Gasteiger partial charge in [-0.15, -0.1) is 0 Å². The summed E-state index contributed by atoms with van der Waals surface area (Å²) in [6.45, 7) is 0.189. The number of pyridine rings is 1. The monoisotopic (exact) mass is 267 g/mol. The number of nitrogens with two attached hydrogens (primary N) is 1. The molecule has 0 spiro atoms. The molecule has 1 amide bonds. The van der Waals surface area contributed by atoms with Crippen LogP contribution >= 0.6 is 0 Å². The van der Waals surface area contributed by atoms with Gasteiger partial charge >= 0.3 is 5.97 Å². The van der Waals surface area contributed by atoms with Gasteiger partial charge in [0.1, 0.15) is 5.56 Å². The van der Waals surface area contributed by atoms with Crippen LogP contribution in [0.4, 0.5) is 0 Å². The van der Waals surface area contributed by atoms with Crippen molar-refractivity contribution < 1.29 is 19.4 Å². The molecule has 1 aromatic heterocycles. The van der Waals surface area contributed by atoms with Crippen LogP contribution in [0.15, 0.2) is 11.0 Å². The van der Waals surface area contributed by atoms with Gasteiger partial charge in [-0.25, -0.2) is 4.79 Å². The highest BCUT2D eigenvalue weighted by molar-refractivity contribution is 5.97. The lowest BCUT2D eigenvalue weighted by Crippen LogP contribution is -2.51. The molecule has 8 heteroatoms. The van der Waals surface area contributed by atoms with Crippen LogP contribution in [0.2, 0.25) is 0 Å². The van der Waals surface area contributed by atoms with Crippen LogP contribution in [0, 0.1) is 0 Å². The van der Waals surface area contributed by atoms with Crippen molar-refractivity contribution in [2.45, 2.75) is 12.7 Å². The van der Waals surface area contributed by atoms with Crippen molar-refractivity contribution in [3.63, 3.8) is 0 Å². The molecule has 1 unspecified atom stereocenters. The maximum atomic E-state index is 12.1. The molecule has 0 saturated heterocycles. The van der Waals surface area contributed by atoms with E-state index in [-0.39, 0.29) is 18.0 Å². The highest BCUT2D eigenvalue weighted by Crippen LogP contribution is 2.21. The largest absolute Gasteiger partial charge is 0.491 e. The molecule has 0 fully saturated rings. The summed E-state index contributed by atoms with van der Waals surface area (Å²) in [7, 11) is 2.72. The van der Waals surface area contributed by atoms with E-state index in [1.165, 1.54) is 23.6 Å². The minimum absolute atomic E-state index is 0.0155. The summed E-state index contributed by atoms with van der Waals surface area (Å²) >= 11 is 0. The fourth-order valence-corrected chi connectivity index (χ4v) is 1.99. The number of rotatable bonds is 2. The van der Waals surface area contributed by atoms with Crippen molar-refractivity contribution in [3.8, 4) is 5.75 Å². The highest BCUT2D eigenvalue weighted by atomic mass is 16.5. The van der Waals surface area contributed by atoms with E-state index in [2.05, 4.69) is 0 Å². The van der Waals surface area contributed by atoms with Gasteiger partial charge in [-0.3, -0.25) is 9.59 Å². The van der Waals surface area contributed by atoms with Gasteiger partial charge in [0.2, 0.25) is 5.43 Å². The van der Waals surface area contributed by atoms with E-state index < -0.39 is 29.0 Å². The van der Waals surface area contributed by atoms with Crippen molar-refractivity contribution in [2.75, 3.05) is 14.2 Å². The molecular weight excluding hydrogens is 254 g/mol. The van der Waals surface area contributed by atoms with E-state index in [4.69, 9.17) is 15.6 Å². The Labute approximate surface area is 108 Å². The lowest BCUT2D eigenvalue weighted by molar-refractivity contribution is 0.0640. The van der Waals surface area contributed by atoms with E-state index in [1.54, 1.807) is 0 Å². The number of amides is 1. The first kappa shape index (κ1) is 13.1. The quantitative estimate of drug-likeness (QED) is 0.704. The average molecular weight is 267 g/mol. The maximum absolute atomic E-state index is 12.1. The Bertz CT molecular complexity index is 621. The number of hydrogen-bond acceptors (Lipinski definition) is 5. The van der Waals surface area contributed by atoms with Crippen molar-refractivity contribution in [3.05, 3.63) is 27.7 Å². The summed E-state index contributed by atoms with van der Waals surface area (Å²) in [5.74, 6) is -2.13. The molecule has 2 heterocycles. The van der Waals surface area contributed by atoms with Crippen LogP contribution in [0.5, 0.6) is 5.75 Å². The molecule has 2 rings (SSSR count). The molecule has 0 bridgehead atoms. The first-order valence-corrected chi connectivity index (χ1v) is 5.46. The lowest BCUT2D eigenvalue weighted by atomic mass is 10.1. The molecule has 19 heavy (non-hydrogen) atoms. The van der Waals surface area contributed by atoms with Crippen molar-refractivity contribution in [1.82, 2.24) is 9.47 Å². The third kappa shape index (κ3) is 1.85. The van der Waals surface area contributed by atoms with Gasteiger partial charge in [0.15, 0.2) is 11.4 Å². The van der Waals surface area contributed by atoms with E-state index in [0.717, 1.165) is 6.20 Å². The van der Waals surface area contributed by atoms with Gasteiger partial charge in [0.05, 0.1) is 19.8 Å². The van der Waals surface area contributed by atoms with Crippen molar-refractivity contribution >= 4 is 11.9 Å². The third-order valence-corrected chi connectivity index (χ3v) is 3.08. The Morgan fingerprint density at radius 1 is 1.53 bits per heavy atom. The standard InChI is InChI=1S/C11H13N3O5/c1-13-6(12)4-14-3-5(11(17)18)8(15)9(19-2)7(14)10(13)16/h3,6H,4,12H2,1-2H3,(H,17,18). The molecule has 0 aromatic carbocycles. The number of carbonyl (C=O) groups excluding carboxylic acids is 1. The predicted molar refractivity (Wildman–Crippen MR) is 64.3 cm³/mol. The Morgan fingerprint density at radius 2 is 2.16 bits per heavy atom. The summed E-state index contributed by atoms with van der Waals surface area (Å²) in [5.41, 5.74) is 4.50. The molecule has 102 valence electrons. The number of nitrogens with zero attached hydrogens (tertiary/aromatic N) is 2. The average Bonchev–Trinajstić information content (AvgIpc) is 2.36. The number of aromatic nitrogens is 1. The lowest BCUT2D eigenvalue weighted by Gasteiger charge is -2.33. The predicted octanol–water partition coefficient (Wildman–Crippen LogP) is -1.07. The highest BCUT2D eigenvalue weighted by Gasteiger charge is 2.33. The van der Waals surface area contributed by atoms with Crippen LogP contribution in [-0.2, 0) is 6.54 Å². The summed E-state index contributed by atoms with van der Waals surface area (Å²) < 4.78 is 6.25.